The number of nitro groups is 1. The van der Waals surface area contributed by atoms with Gasteiger partial charge in [-0.1, -0.05) is 0 Å². The second kappa shape index (κ2) is 6.64. The van der Waals surface area contributed by atoms with E-state index in [1.807, 2.05) is 6.92 Å². The van der Waals surface area contributed by atoms with Crippen molar-refractivity contribution in [2.75, 3.05) is 38.1 Å². The van der Waals surface area contributed by atoms with E-state index in [4.69, 9.17) is 0 Å². The van der Waals surface area contributed by atoms with Crippen LogP contribution in [0.15, 0.2) is 24.3 Å². The molecule has 1 aliphatic heterocycles. The summed E-state index contributed by atoms with van der Waals surface area (Å²) in [6, 6.07) is 5.82. The van der Waals surface area contributed by atoms with Crippen LogP contribution in [-0.4, -0.2) is 55.0 Å². The number of non-ortho nitro benzene ring substituents is 1. The summed E-state index contributed by atoms with van der Waals surface area (Å²) in [6.07, 6.45) is 0. The molecule has 7 heteroatoms. The molecule has 0 aromatic heterocycles. The fourth-order valence-electron chi connectivity index (χ4n) is 2.43. The summed E-state index contributed by atoms with van der Waals surface area (Å²) in [5.41, 5.74) is 0.683. The predicted octanol–water partition coefficient (Wildman–Crippen LogP) is 0.851. The third-order valence-electron chi connectivity index (χ3n) is 3.84. The van der Waals surface area contributed by atoms with Gasteiger partial charge in [0.1, 0.15) is 0 Å². The highest BCUT2D eigenvalue weighted by Crippen LogP contribution is 2.19. The van der Waals surface area contributed by atoms with E-state index < -0.39 is 4.92 Å². The van der Waals surface area contributed by atoms with Crippen molar-refractivity contribution in [1.29, 1.82) is 0 Å². The van der Waals surface area contributed by atoms with Gasteiger partial charge in [0, 0.05) is 51.0 Å². The molecule has 0 aliphatic carbocycles. The van der Waals surface area contributed by atoms with E-state index in [2.05, 4.69) is 10.2 Å². The van der Waals surface area contributed by atoms with E-state index in [1.165, 1.54) is 12.1 Å². The lowest BCUT2D eigenvalue weighted by Crippen LogP contribution is -2.53. The van der Waals surface area contributed by atoms with Crippen molar-refractivity contribution in [1.82, 2.24) is 10.2 Å². The largest absolute Gasteiger partial charge is 0.314 e. The maximum atomic E-state index is 12.5. The molecule has 2 rings (SSSR count). The number of anilines is 1. The first-order valence-corrected chi connectivity index (χ1v) is 6.97. The number of carbonyl (C=O) groups is 1. The summed E-state index contributed by atoms with van der Waals surface area (Å²) in [5, 5.41) is 13.9. The van der Waals surface area contributed by atoms with Crippen LogP contribution in [0.3, 0.4) is 0 Å². The third kappa shape index (κ3) is 3.56. The Labute approximate surface area is 123 Å². The zero-order valence-corrected chi connectivity index (χ0v) is 12.3. The van der Waals surface area contributed by atoms with Gasteiger partial charge in [-0.15, -0.1) is 0 Å². The van der Waals surface area contributed by atoms with Crippen LogP contribution in [0.4, 0.5) is 11.4 Å². The Morgan fingerprint density at radius 1 is 1.33 bits per heavy atom. The van der Waals surface area contributed by atoms with Gasteiger partial charge < -0.3 is 10.2 Å². The summed E-state index contributed by atoms with van der Waals surface area (Å²) in [4.78, 5) is 26.4. The lowest BCUT2D eigenvalue weighted by atomic mass is 10.2. The van der Waals surface area contributed by atoms with Crippen molar-refractivity contribution in [3.05, 3.63) is 34.4 Å². The molecule has 1 N–H and O–H groups in total. The van der Waals surface area contributed by atoms with Crippen LogP contribution in [0, 0.1) is 10.1 Å². The van der Waals surface area contributed by atoms with Gasteiger partial charge in [-0.25, -0.2) is 0 Å². The minimum Gasteiger partial charge on any atom is -0.314 e. The minimum absolute atomic E-state index is 0.00856. The topological polar surface area (TPSA) is 78.7 Å². The molecule has 1 heterocycles. The van der Waals surface area contributed by atoms with Crippen LogP contribution >= 0.6 is 0 Å². The Morgan fingerprint density at radius 2 is 1.90 bits per heavy atom. The summed E-state index contributed by atoms with van der Waals surface area (Å²) >= 11 is 0. The van der Waals surface area contributed by atoms with Gasteiger partial charge >= 0.3 is 0 Å². The Balaban J connectivity index is 2.05. The molecule has 1 atom stereocenters. The number of piperazine rings is 1. The van der Waals surface area contributed by atoms with Gasteiger partial charge in [0.2, 0.25) is 5.91 Å². The number of nitrogens with zero attached hydrogens (tertiary/aromatic N) is 3. The SMILES string of the molecule is CC(C(=O)N(C)c1ccc([N+](=O)[O-])cc1)N1CCNCC1. The normalized spacial score (nSPS) is 17.2. The van der Waals surface area contributed by atoms with Crippen molar-refractivity contribution in [3.63, 3.8) is 0 Å². The second-order valence-electron chi connectivity index (χ2n) is 5.13. The molecule has 0 radical (unpaired) electrons. The molecule has 1 aliphatic rings. The van der Waals surface area contributed by atoms with Gasteiger partial charge in [-0.05, 0) is 19.1 Å². The van der Waals surface area contributed by atoms with Crippen LogP contribution in [0.25, 0.3) is 0 Å². The van der Waals surface area contributed by atoms with Crippen molar-refractivity contribution in [3.8, 4) is 0 Å². The number of carbonyl (C=O) groups excluding carboxylic acids is 1. The molecule has 114 valence electrons. The number of nitrogens with one attached hydrogen (secondary N) is 1. The molecular formula is C14H20N4O3. The third-order valence-corrected chi connectivity index (χ3v) is 3.84. The summed E-state index contributed by atoms with van der Waals surface area (Å²) < 4.78 is 0. The van der Waals surface area contributed by atoms with Crippen LogP contribution in [-0.2, 0) is 4.79 Å². The Bertz CT molecular complexity index is 511. The fraction of sp³-hybridized carbons (Fsp3) is 0.500. The van der Waals surface area contributed by atoms with E-state index in [-0.39, 0.29) is 17.6 Å². The molecule has 1 amide bonds. The first kappa shape index (κ1) is 15.4. The second-order valence-corrected chi connectivity index (χ2v) is 5.13. The molecule has 21 heavy (non-hydrogen) atoms. The fourth-order valence-corrected chi connectivity index (χ4v) is 2.43. The molecular weight excluding hydrogens is 272 g/mol. The average Bonchev–Trinajstić information content (AvgIpc) is 2.53. The number of hydrogen-bond acceptors (Lipinski definition) is 5. The maximum Gasteiger partial charge on any atom is 0.269 e. The molecule has 1 unspecified atom stereocenters. The van der Waals surface area contributed by atoms with E-state index in [0.29, 0.717) is 5.69 Å². The lowest BCUT2D eigenvalue weighted by Gasteiger charge is -2.34. The molecule has 0 bridgehead atoms. The molecule has 1 aromatic rings. The molecule has 1 fully saturated rings. The van der Waals surface area contributed by atoms with E-state index in [1.54, 1.807) is 24.1 Å². The monoisotopic (exact) mass is 292 g/mol. The quantitative estimate of drug-likeness (QED) is 0.657. The highest BCUT2D eigenvalue weighted by atomic mass is 16.6. The van der Waals surface area contributed by atoms with Gasteiger partial charge in [-0.3, -0.25) is 19.8 Å². The van der Waals surface area contributed by atoms with Crippen LogP contribution < -0.4 is 10.2 Å². The number of amides is 1. The maximum absolute atomic E-state index is 12.5. The minimum atomic E-state index is -0.449. The van der Waals surface area contributed by atoms with E-state index in [0.717, 1.165) is 26.2 Å². The number of rotatable bonds is 4. The van der Waals surface area contributed by atoms with E-state index in [9.17, 15) is 14.9 Å². The number of hydrogen-bond donors (Lipinski definition) is 1. The smallest absolute Gasteiger partial charge is 0.269 e. The van der Waals surface area contributed by atoms with E-state index >= 15 is 0 Å². The summed E-state index contributed by atoms with van der Waals surface area (Å²) in [6.45, 7) is 5.37. The summed E-state index contributed by atoms with van der Waals surface area (Å²) in [7, 11) is 1.70. The molecule has 1 saturated heterocycles. The highest BCUT2D eigenvalue weighted by molar-refractivity contribution is 5.96. The van der Waals surface area contributed by atoms with Crippen LogP contribution in [0.2, 0.25) is 0 Å². The lowest BCUT2D eigenvalue weighted by molar-refractivity contribution is -0.384. The molecule has 0 saturated carbocycles. The van der Waals surface area contributed by atoms with Crippen molar-refractivity contribution >= 4 is 17.3 Å². The van der Waals surface area contributed by atoms with Crippen molar-refractivity contribution < 1.29 is 9.72 Å². The Morgan fingerprint density at radius 3 is 2.43 bits per heavy atom. The zero-order valence-electron chi connectivity index (χ0n) is 12.3. The van der Waals surface area contributed by atoms with Crippen LogP contribution in [0.1, 0.15) is 6.92 Å². The molecule has 7 nitrogen and oxygen atoms in total. The average molecular weight is 292 g/mol. The Kier molecular flexibility index (Phi) is 4.87. The van der Waals surface area contributed by atoms with Gasteiger partial charge in [0.05, 0.1) is 11.0 Å². The zero-order chi connectivity index (χ0) is 15.4. The first-order chi connectivity index (χ1) is 10.0. The van der Waals surface area contributed by atoms with Crippen LogP contribution in [0.5, 0.6) is 0 Å². The standard InChI is InChI=1S/C14H20N4O3/c1-11(17-9-7-15-8-10-17)14(19)16(2)12-3-5-13(6-4-12)18(20)21/h3-6,11,15H,7-10H2,1-2H3. The number of benzene rings is 1. The van der Waals surface area contributed by atoms with Gasteiger partial charge in [0.25, 0.3) is 5.69 Å². The molecule has 0 spiro atoms. The highest BCUT2D eigenvalue weighted by Gasteiger charge is 2.26. The number of nitro benzene ring substituents is 1. The number of likely N-dealkylation sites (N-methyl/N-ethyl adjacent to an activating group) is 1. The predicted molar refractivity (Wildman–Crippen MR) is 80.4 cm³/mol. The first-order valence-electron chi connectivity index (χ1n) is 6.97. The van der Waals surface area contributed by atoms with Crippen molar-refractivity contribution in [2.45, 2.75) is 13.0 Å². The molecule has 1 aromatic carbocycles. The summed E-state index contributed by atoms with van der Waals surface area (Å²) in [5.74, 6) is -0.00856. The van der Waals surface area contributed by atoms with Gasteiger partial charge in [-0.2, -0.15) is 0 Å². The van der Waals surface area contributed by atoms with Crippen molar-refractivity contribution in [2.24, 2.45) is 0 Å². The Hall–Kier alpha value is -1.99. The van der Waals surface area contributed by atoms with Gasteiger partial charge in [0.15, 0.2) is 0 Å².